The molecule has 0 atom stereocenters. The normalized spacial score (nSPS) is 15.7. The second kappa shape index (κ2) is 8.57. The third kappa shape index (κ3) is 3.27. The van der Waals surface area contributed by atoms with Crippen molar-refractivity contribution >= 4 is 91.1 Å². The zero-order valence-corrected chi connectivity index (χ0v) is 21.8. The third-order valence-electron chi connectivity index (χ3n) is 5.68. The number of hydrogen-bond acceptors (Lipinski definition) is 5. The first-order chi connectivity index (χ1) is 15.8. The van der Waals surface area contributed by atoms with E-state index in [9.17, 15) is 0 Å². The molecule has 4 aromatic heterocycles. The Bertz CT molecular complexity index is 1300. The second-order valence-electron chi connectivity index (χ2n) is 7.44. The van der Waals surface area contributed by atoms with Gasteiger partial charge in [0.15, 0.2) is 0 Å². The van der Waals surface area contributed by atoms with E-state index in [2.05, 4.69) is 97.6 Å². The van der Waals surface area contributed by atoms with Gasteiger partial charge in [0, 0.05) is 33.0 Å². The highest BCUT2D eigenvalue weighted by Crippen LogP contribution is 2.83. The Hall–Kier alpha value is -1.72. The molecule has 0 radical (unpaired) electrons. The summed E-state index contributed by atoms with van der Waals surface area (Å²) in [6.45, 7) is -2.30. The van der Waals surface area contributed by atoms with Gasteiger partial charge in [-0.05, 0) is 86.3 Å². The van der Waals surface area contributed by atoms with Gasteiger partial charge in [-0.1, -0.05) is 18.2 Å². The van der Waals surface area contributed by atoms with Crippen LogP contribution in [-0.4, -0.2) is 0 Å². The second-order valence-corrected chi connectivity index (χ2v) is 14.8. The van der Waals surface area contributed by atoms with Gasteiger partial charge in [-0.3, -0.25) is 0 Å². The molecule has 156 valence electrons. The standard InChI is InChI=1S/C26H17PS5/c28-27(22-4-2-1-3-5-22)25(20-8-12-31-16-20)23(18-6-10-29-14-18)24(19-7-11-30-15-19)26(27)21-9-13-32-17-21/h1-17H. The molecule has 1 aliphatic heterocycles. The van der Waals surface area contributed by atoms with Crippen molar-refractivity contribution in [3.8, 4) is 0 Å². The lowest BCUT2D eigenvalue weighted by Gasteiger charge is -2.33. The highest BCUT2D eigenvalue weighted by Gasteiger charge is 2.49. The van der Waals surface area contributed by atoms with Crippen LogP contribution in [0.15, 0.2) is 97.6 Å². The maximum atomic E-state index is 6.89. The zero-order valence-electron chi connectivity index (χ0n) is 16.8. The summed E-state index contributed by atoms with van der Waals surface area (Å²) < 4.78 is 0. The fourth-order valence-electron chi connectivity index (χ4n) is 4.39. The topological polar surface area (TPSA) is 0 Å². The van der Waals surface area contributed by atoms with E-state index in [-0.39, 0.29) is 0 Å². The van der Waals surface area contributed by atoms with Gasteiger partial charge in [-0.15, -0.1) is 0 Å². The zero-order chi connectivity index (χ0) is 21.5. The molecule has 0 unspecified atom stereocenters. The molecule has 0 fully saturated rings. The van der Waals surface area contributed by atoms with Crippen LogP contribution in [0.1, 0.15) is 22.3 Å². The lowest BCUT2D eigenvalue weighted by molar-refractivity contribution is 1.72. The van der Waals surface area contributed by atoms with Crippen molar-refractivity contribution in [3.63, 3.8) is 0 Å². The first-order valence-corrected chi connectivity index (χ1v) is 16.6. The van der Waals surface area contributed by atoms with Gasteiger partial charge in [0.25, 0.3) is 0 Å². The van der Waals surface area contributed by atoms with E-state index in [0.29, 0.717) is 0 Å². The Morgan fingerprint density at radius 1 is 0.500 bits per heavy atom. The van der Waals surface area contributed by atoms with Crippen molar-refractivity contribution in [1.82, 2.24) is 0 Å². The quantitative estimate of drug-likeness (QED) is 0.164. The Morgan fingerprint density at radius 2 is 0.906 bits per heavy atom. The van der Waals surface area contributed by atoms with Crippen molar-refractivity contribution < 1.29 is 0 Å². The Morgan fingerprint density at radius 3 is 1.28 bits per heavy atom. The fourth-order valence-corrected chi connectivity index (χ4v) is 12.1. The average molecular weight is 521 g/mol. The van der Waals surface area contributed by atoms with Gasteiger partial charge < -0.3 is 12.2 Å². The first kappa shape index (κ1) is 20.9. The molecule has 0 N–H and O–H groups in total. The molecule has 6 rings (SSSR count). The smallest absolute Gasteiger partial charge is 0.0996 e. The van der Waals surface area contributed by atoms with E-state index < -0.39 is 6.46 Å². The molecule has 5 heterocycles. The van der Waals surface area contributed by atoms with Crippen LogP contribution in [0, 0.1) is 0 Å². The molecule has 0 aliphatic carbocycles. The molecule has 6 heteroatoms. The molecule has 32 heavy (non-hydrogen) atoms. The van der Waals surface area contributed by atoms with Gasteiger partial charge in [0.2, 0.25) is 0 Å². The highest BCUT2D eigenvalue weighted by atomic mass is 32.7. The number of benzene rings is 1. The Labute approximate surface area is 209 Å². The monoisotopic (exact) mass is 520 g/mol. The average Bonchev–Trinajstić information content (AvgIpc) is 3.64. The van der Waals surface area contributed by atoms with Gasteiger partial charge in [-0.25, -0.2) is 0 Å². The van der Waals surface area contributed by atoms with Crippen LogP contribution >= 0.6 is 51.8 Å². The van der Waals surface area contributed by atoms with E-state index in [1.807, 2.05) is 0 Å². The van der Waals surface area contributed by atoms with Crippen molar-refractivity contribution in [2.75, 3.05) is 0 Å². The van der Waals surface area contributed by atoms with E-state index in [1.165, 1.54) is 49.3 Å². The summed E-state index contributed by atoms with van der Waals surface area (Å²) in [5.74, 6) is 0. The molecular formula is C26H17PS5. The van der Waals surface area contributed by atoms with Crippen LogP contribution in [0.25, 0.3) is 21.8 Å². The van der Waals surface area contributed by atoms with E-state index in [0.717, 1.165) is 0 Å². The van der Waals surface area contributed by atoms with Crippen molar-refractivity contribution in [1.29, 1.82) is 0 Å². The Kier molecular flexibility index (Phi) is 5.58. The van der Waals surface area contributed by atoms with Crippen LogP contribution < -0.4 is 5.30 Å². The number of thiophene rings is 4. The molecule has 1 aliphatic rings. The maximum absolute atomic E-state index is 6.89. The fraction of sp³-hybridized carbons (Fsp3) is 0. The van der Waals surface area contributed by atoms with Crippen LogP contribution in [-0.2, 0) is 12.2 Å². The molecule has 0 saturated heterocycles. The Balaban J connectivity index is 1.80. The van der Waals surface area contributed by atoms with Gasteiger partial charge in [-0.2, -0.15) is 45.3 Å². The summed E-state index contributed by atoms with van der Waals surface area (Å²) in [6.07, 6.45) is 0. The van der Waals surface area contributed by atoms with Crippen LogP contribution in [0.4, 0.5) is 0 Å². The molecule has 0 bridgehead atoms. The van der Waals surface area contributed by atoms with Crippen LogP contribution in [0.2, 0.25) is 0 Å². The van der Waals surface area contributed by atoms with Crippen molar-refractivity contribution in [2.45, 2.75) is 0 Å². The summed E-state index contributed by atoms with van der Waals surface area (Å²) in [7, 11) is 0. The predicted molar refractivity (Wildman–Crippen MR) is 151 cm³/mol. The minimum atomic E-state index is -2.30. The van der Waals surface area contributed by atoms with Gasteiger partial charge in [0.05, 0.1) is 15.9 Å². The lowest BCUT2D eigenvalue weighted by atomic mass is 9.93. The summed E-state index contributed by atoms with van der Waals surface area (Å²) in [6, 6.07) is 19.8. The molecule has 5 aromatic rings. The predicted octanol–water partition coefficient (Wildman–Crippen LogP) is 9.19. The number of allylic oxidation sites excluding steroid dienone is 2. The molecular weight excluding hydrogens is 504 g/mol. The van der Waals surface area contributed by atoms with E-state index >= 15 is 0 Å². The van der Waals surface area contributed by atoms with Crippen LogP contribution in [0.3, 0.4) is 0 Å². The summed E-state index contributed by atoms with van der Waals surface area (Å²) in [5.41, 5.74) is 7.70. The summed E-state index contributed by atoms with van der Waals surface area (Å²) in [5, 5.41) is 21.7. The van der Waals surface area contributed by atoms with E-state index in [1.54, 1.807) is 45.3 Å². The molecule has 0 saturated carbocycles. The molecule has 0 spiro atoms. The lowest BCUT2D eigenvalue weighted by Crippen LogP contribution is -2.10. The number of hydrogen-bond donors (Lipinski definition) is 0. The highest BCUT2D eigenvalue weighted by molar-refractivity contribution is 8.53. The largest absolute Gasteiger partial charge is 0.540 e. The molecule has 0 nitrogen and oxygen atoms in total. The van der Waals surface area contributed by atoms with Crippen molar-refractivity contribution in [2.24, 2.45) is 0 Å². The van der Waals surface area contributed by atoms with Gasteiger partial charge >= 0.3 is 0 Å². The van der Waals surface area contributed by atoms with Crippen molar-refractivity contribution in [3.05, 3.63) is 120 Å². The minimum Gasteiger partial charge on any atom is -0.540 e. The molecule has 1 aromatic carbocycles. The van der Waals surface area contributed by atoms with Crippen LogP contribution in [0.5, 0.6) is 0 Å². The van der Waals surface area contributed by atoms with Gasteiger partial charge in [0.1, 0.15) is 0 Å². The first-order valence-electron chi connectivity index (χ1n) is 10.0. The number of rotatable bonds is 5. The summed E-state index contributed by atoms with van der Waals surface area (Å²) >= 11 is 13.9. The molecule has 0 amide bonds. The third-order valence-corrected chi connectivity index (χ3v) is 13.4. The summed E-state index contributed by atoms with van der Waals surface area (Å²) in [4.78, 5) is 0. The minimum absolute atomic E-state index is 1.26. The van der Waals surface area contributed by atoms with E-state index in [4.69, 9.17) is 12.2 Å². The SMILES string of the molecule is [S-][P+]1(c2ccccc2)C(c2ccsc2)=C(c2ccsc2)C(c2ccsc2)=C1c1ccsc1. The maximum Gasteiger partial charge on any atom is 0.0996 e.